The van der Waals surface area contributed by atoms with Gasteiger partial charge in [0.1, 0.15) is 0 Å². The maximum Gasteiger partial charge on any atom is 0.195 e. The molecule has 0 atom stereocenters. The number of fused-ring (bicyclic) bond motifs is 1. The van der Waals surface area contributed by atoms with E-state index < -0.39 is 0 Å². The molecule has 0 saturated heterocycles. The first-order valence-electron chi connectivity index (χ1n) is 6.03. The smallest absolute Gasteiger partial charge is 0.195 e. The number of nitrogens with one attached hydrogen (secondary N) is 1. The first-order valence-corrected chi connectivity index (χ1v) is 6.82. The number of ketones is 1. The Morgan fingerprint density at radius 3 is 2.58 bits per heavy atom. The molecule has 0 amide bonds. The Bertz CT molecular complexity index is 756. The maximum atomic E-state index is 12.5. The van der Waals surface area contributed by atoms with Gasteiger partial charge in [-0.2, -0.15) is 0 Å². The van der Waals surface area contributed by atoms with E-state index in [1.807, 2.05) is 49.4 Å². The fraction of sp³-hybridized carbons (Fsp3) is 0.0625. The van der Waals surface area contributed by atoms with Gasteiger partial charge in [-0.1, -0.05) is 51.8 Å². The number of benzene rings is 2. The minimum absolute atomic E-state index is 0.0496. The van der Waals surface area contributed by atoms with Gasteiger partial charge >= 0.3 is 0 Å². The van der Waals surface area contributed by atoms with Gasteiger partial charge in [0.2, 0.25) is 0 Å². The third-order valence-corrected chi connectivity index (χ3v) is 3.70. The summed E-state index contributed by atoms with van der Waals surface area (Å²) in [5.41, 5.74) is 3.55. The monoisotopic (exact) mass is 313 g/mol. The summed E-state index contributed by atoms with van der Waals surface area (Å²) in [4.78, 5) is 15.6. The number of halogens is 1. The highest BCUT2D eigenvalue weighted by Gasteiger charge is 2.13. The van der Waals surface area contributed by atoms with Crippen molar-refractivity contribution in [3.05, 3.63) is 69.8 Å². The summed E-state index contributed by atoms with van der Waals surface area (Å²) in [6.07, 6.45) is 1.78. The topological polar surface area (TPSA) is 32.9 Å². The highest BCUT2D eigenvalue weighted by Crippen LogP contribution is 2.24. The Morgan fingerprint density at radius 1 is 1.11 bits per heavy atom. The summed E-state index contributed by atoms with van der Waals surface area (Å²) >= 11 is 3.43. The molecule has 0 radical (unpaired) electrons. The largest absolute Gasteiger partial charge is 0.360 e. The fourth-order valence-electron chi connectivity index (χ4n) is 2.15. The van der Waals surface area contributed by atoms with Crippen molar-refractivity contribution >= 4 is 32.6 Å². The van der Waals surface area contributed by atoms with Crippen LogP contribution in [-0.2, 0) is 0 Å². The van der Waals surface area contributed by atoms with Gasteiger partial charge in [0.15, 0.2) is 5.78 Å². The third kappa shape index (κ3) is 2.22. The Hall–Kier alpha value is -1.87. The second-order valence-corrected chi connectivity index (χ2v) is 5.50. The highest BCUT2D eigenvalue weighted by molar-refractivity contribution is 9.10. The molecule has 19 heavy (non-hydrogen) atoms. The lowest BCUT2D eigenvalue weighted by atomic mass is 10.0. The number of aryl methyl sites for hydroxylation is 1. The van der Waals surface area contributed by atoms with Crippen LogP contribution in [0, 0.1) is 6.92 Å². The van der Waals surface area contributed by atoms with Crippen molar-refractivity contribution in [1.29, 1.82) is 0 Å². The molecule has 1 N–H and O–H groups in total. The summed E-state index contributed by atoms with van der Waals surface area (Å²) < 4.78 is 0.996. The number of carbonyl (C=O) groups is 1. The molecule has 3 aromatic rings. The predicted octanol–water partition coefficient (Wildman–Crippen LogP) is 4.47. The van der Waals surface area contributed by atoms with E-state index in [9.17, 15) is 4.79 Å². The van der Waals surface area contributed by atoms with E-state index in [0.29, 0.717) is 5.56 Å². The van der Waals surface area contributed by atoms with Crippen LogP contribution in [0.25, 0.3) is 10.9 Å². The molecule has 2 nitrogen and oxygen atoms in total. The minimum atomic E-state index is 0.0496. The molecule has 0 spiro atoms. The van der Waals surface area contributed by atoms with Gasteiger partial charge in [0, 0.05) is 32.7 Å². The normalized spacial score (nSPS) is 10.8. The minimum Gasteiger partial charge on any atom is -0.360 e. The SMILES string of the molecule is Cc1ccc(C(=O)c2c[nH]c3cc(Br)ccc23)cc1. The summed E-state index contributed by atoms with van der Waals surface area (Å²) in [7, 11) is 0. The summed E-state index contributed by atoms with van der Waals surface area (Å²) in [5, 5.41) is 0.953. The number of hydrogen-bond acceptors (Lipinski definition) is 1. The van der Waals surface area contributed by atoms with Gasteiger partial charge in [0.25, 0.3) is 0 Å². The lowest BCUT2D eigenvalue weighted by Crippen LogP contribution is -1.99. The van der Waals surface area contributed by atoms with E-state index in [-0.39, 0.29) is 5.78 Å². The second kappa shape index (κ2) is 4.67. The van der Waals surface area contributed by atoms with Gasteiger partial charge in [-0.15, -0.1) is 0 Å². The molecular formula is C16H12BrNO. The van der Waals surface area contributed by atoms with Crippen molar-refractivity contribution < 1.29 is 4.79 Å². The lowest BCUT2D eigenvalue weighted by Gasteiger charge is -2.00. The summed E-state index contributed by atoms with van der Waals surface area (Å²) in [5.74, 6) is 0.0496. The van der Waals surface area contributed by atoms with Crippen LogP contribution in [0.15, 0.2) is 53.1 Å². The van der Waals surface area contributed by atoms with Gasteiger partial charge in [-0.3, -0.25) is 4.79 Å². The average Bonchev–Trinajstić information content (AvgIpc) is 2.81. The molecule has 2 aromatic carbocycles. The number of aromatic nitrogens is 1. The Morgan fingerprint density at radius 2 is 1.84 bits per heavy atom. The van der Waals surface area contributed by atoms with Crippen LogP contribution in [0.3, 0.4) is 0 Å². The number of H-pyrrole nitrogens is 1. The standard InChI is InChI=1S/C16H12BrNO/c1-10-2-4-11(5-3-10)16(19)14-9-18-15-8-12(17)6-7-13(14)15/h2-9,18H,1H3. The maximum absolute atomic E-state index is 12.5. The van der Waals surface area contributed by atoms with Crippen molar-refractivity contribution in [2.45, 2.75) is 6.92 Å². The molecule has 0 aliphatic heterocycles. The molecule has 3 heteroatoms. The quantitative estimate of drug-likeness (QED) is 0.696. The Kier molecular flexibility index (Phi) is 2.99. The first-order chi connectivity index (χ1) is 9.15. The van der Waals surface area contributed by atoms with Gasteiger partial charge in [-0.25, -0.2) is 0 Å². The molecule has 0 bridgehead atoms. The van der Waals surface area contributed by atoms with Crippen molar-refractivity contribution in [2.75, 3.05) is 0 Å². The lowest BCUT2D eigenvalue weighted by molar-refractivity contribution is 0.104. The van der Waals surface area contributed by atoms with Crippen LogP contribution in [0.5, 0.6) is 0 Å². The van der Waals surface area contributed by atoms with Gasteiger partial charge in [0.05, 0.1) is 0 Å². The van der Waals surface area contributed by atoms with Crippen LogP contribution in [-0.4, -0.2) is 10.8 Å². The van der Waals surface area contributed by atoms with Crippen LogP contribution >= 0.6 is 15.9 Å². The zero-order valence-corrected chi connectivity index (χ0v) is 12.0. The zero-order chi connectivity index (χ0) is 13.4. The molecule has 1 aromatic heterocycles. The average molecular weight is 314 g/mol. The number of aromatic amines is 1. The molecule has 0 aliphatic rings. The molecule has 1 heterocycles. The van der Waals surface area contributed by atoms with Crippen LogP contribution in [0.4, 0.5) is 0 Å². The first kappa shape index (κ1) is 12.2. The van der Waals surface area contributed by atoms with E-state index in [1.165, 1.54) is 0 Å². The third-order valence-electron chi connectivity index (χ3n) is 3.20. The van der Waals surface area contributed by atoms with E-state index in [1.54, 1.807) is 6.20 Å². The second-order valence-electron chi connectivity index (χ2n) is 4.59. The van der Waals surface area contributed by atoms with E-state index in [0.717, 1.165) is 26.5 Å². The van der Waals surface area contributed by atoms with Gasteiger partial charge < -0.3 is 4.98 Å². The van der Waals surface area contributed by atoms with E-state index >= 15 is 0 Å². The van der Waals surface area contributed by atoms with Crippen molar-refractivity contribution in [2.24, 2.45) is 0 Å². The molecule has 0 fully saturated rings. The summed E-state index contributed by atoms with van der Waals surface area (Å²) in [6, 6.07) is 13.5. The van der Waals surface area contributed by atoms with Gasteiger partial charge in [-0.05, 0) is 19.1 Å². The number of hydrogen-bond donors (Lipinski definition) is 1. The summed E-state index contributed by atoms with van der Waals surface area (Å²) in [6.45, 7) is 2.01. The van der Waals surface area contributed by atoms with E-state index in [2.05, 4.69) is 20.9 Å². The molecule has 0 unspecified atom stereocenters. The van der Waals surface area contributed by atoms with Crippen LogP contribution < -0.4 is 0 Å². The Balaban J connectivity index is 2.09. The predicted molar refractivity (Wildman–Crippen MR) is 80.6 cm³/mol. The highest BCUT2D eigenvalue weighted by atomic mass is 79.9. The number of rotatable bonds is 2. The zero-order valence-electron chi connectivity index (χ0n) is 10.4. The van der Waals surface area contributed by atoms with Crippen molar-refractivity contribution in [3.63, 3.8) is 0 Å². The molecular weight excluding hydrogens is 302 g/mol. The molecule has 0 aliphatic carbocycles. The van der Waals surface area contributed by atoms with Crippen LogP contribution in [0.2, 0.25) is 0 Å². The molecule has 94 valence electrons. The van der Waals surface area contributed by atoms with Crippen molar-refractivity contribution in [1.82, 2.24) is 4.98 Å². The molecule has 0 saturated carbocycles. The van der Waals surface area contributed by atoms with Crippen LogP contribution in [0.1, 0.15) is 21.5 Å². The van der Waals surface area contributed by atoms with E-state index in [4.69, 9.17) is 0 Å². The fourth-order valence-corrected chi connectivity index (χ4v) is 2.51. The Labute approximate surface area is 119 Å². The van der Waals surface area contributed by atoms with Crippen molar-refractivity contribution in [3.8, 4) is 0 Å². The molecule has 3 rings (SSSR count). The number of carbonyl (C=O) groups excluding carboxylic acids is 1.